The largest absolute Gasteiger partial charge is 0.456 e. The number of benzene rings is 9. The minimum Gasteiger partial charge on any atom is -0.456 e. The number of hydrogen-bond acceptors (Lipinski definition) is 3. The predicted molar refractivity (Wildman–Crippen MR) is 234 cm³/mol. The van der Waals surface area contributed by atoms with Crippen molar-refractivity contribution in [1.82, 2.24) is 19.1 Å². The van der Waals surface area contributed by atoms with Crippen molar-refractivity contribution in [2.45, 2.75) is 0 Å². The van der Waals surface area contributed by atoms with Crippen LogP contribution in [0.1, 0.15) is 0 Å². The monoisotopic (exact) mass is 726 g/mol. The fourth-order valence-corrected chi connectivity index (χ4v) is 9.47. The molecule has 0 saturated heterocycles. The van der Waals surface area contributed by atoms with Gasteiger partial charge in [-0.2, -0.15) is 0 Å². The normalized spacial score (nSPS) is 12.4. The Balaban J connectivity index is 1.07. The van der Waals surface area contributed by atoms with Crippen molar-refractivity contribution in [2.24, 2.45) is 0 Å². The van der Waals surface area contributed by atoms with Gasteiger partial charge in [0.15, 0.2) is 5.82 Å². The lowest BCUT2D eigenvalue weighted by atomic mass is 9.97. The average Bonchev–Trinajstić information content (AvgIpc) is 3.80. The Morgan fingerprint density at radius 1 is 0.386 bits per heavy atom. The third kappa shape index (κ3) is 4.23. The molecule has 12 aromatic rings. The quantitative estimate of drug-likeness (QED) is 0.170. The van der Waals surface area contributed by atoms with Gasteiger partial charge in [0, 0.05) is 54.8 Å². The molecule has 57 heavy (non-hydrogen) atoms. The lowest BCUT2D eigenvalue weighted by molar-refractivity contribution is 0.486. The SMILES string of the molecule is c1ccc(-n2c3ccccc3c3ccc4c5ccc6c7ccccc7n(-c7cccc(-c8nc9c%10c(cccc%10n8)Oc8ccccc8-9)c7)c6c5ccc4c32)cc1. The van der Waals surface area contributed by atoms with Crippen molar-refractivity contribution in [3.8, 4) is 45.5 Å². The van der Waals surface area contributed by atoms with Crippen molar-refractivity contribution in [1.29, 1.82) is 0 Å². The summed E-state index contributed by atoms with van der Waals surface area (Å²) in [6.45, 7) is 0. The number of fused-ring (bicyclic) bond motifs is 13. The molecule has 0 atom stereocenters. The van der Waals surface area contributed by atoms with E-state index in [1.54, 1.807) is 0 Å². The van der Waals surface area contributed by atoms with Gasteiger partial charge in [-0.05, 0) is 71.4 Å². The maximum Gasteiger partial charge on any atom is 0.160 e. The van der Waals surface area contributed by atoms with Crippen LogP contribution in [0.4, 0.5) is 0 Å². The first-order valence-corrected chi connectivity index (χ1v) is 19.3. The van der Waals surface area contributed by atoms with Crippen LogP contribution in [0.2, 0.25) is 0 Å². The lowest BCUT2D eigenvalue weighted by Crippen LogP contribution is -2.02. The van der Waals surface area contributed by atoms with Crippen LogP contribution in [-0.4, -0.2) is 19.1 Å². The first-order valence-electron chi connectivity index (χ1n) is 19.3. The standard InChI is InChI=1S/C52H30N4O/c1-2-13-32(14-3-1)55-44-20-7-4-16-36(44)40-26-24-34-35-25-27-41-37-17-5-8-21-45(37)56(51(41)39(35)29-28-38(34)50(40)55)33-15-10-12-31(30-33)52-53-43-19-11-23-47-48(43)49(54-52)42-18-6-9-22-46(42)57-47/h1-30H. The minimum atomic E-state index is 0.683. The van der Waals surface area contributed by atoms with Crippen molar-refractivity contribution in [2.75, 3.05) is 0 Å². The van der Waals surface area contributed by atoms with Crippen molar-refractivity contribution < 1.29 is 4.74 Å². The highest BCUT2D eigenvalue weighted by atomic mass is 16.5. The summed E-state index contributed by atoms with van der Waals surface area (Å²) in [6, 6.07) is 64.9. The average molecular weight is 727 g/mol. The lowest BCUT2D eigenvalue weighted by Gasteiger charge is -2.20. The summed E-state index contributed by atoms with van der Waals surface area (Å²) in [4.78, 5) is 10.4. The van der Waals surface area contributed by atoms with E-state index in [9.17, 15) is 0 Å². The number of ether oxygens (including phenoxy) is 1. The molecule has 0 aliphatic carbocycles. The summed E-state index contributed by atoms with van der Waals surface area (Å²) < 4.78 is 11.1. The van der Waals surface area contributed by atoms with Gasteiger partial charge < -0.3 is 13.9 Å². The molecule has 0 spiro atoms. The summed E-state index contributed by atoms with van der Waals surface area (Å²) in [6.07, 6.45) is 0. The molecule has 264 valence electrons. The van der Waals surface area contributed by atoms with E-state index in [0.717, 1.165) is 56.1 Å². The van der Waals surface area contributed by atoms with Crippen LogP contribution in [0.3, 0.4) is 0 Å². The van der Waals surface area contributed by atoms with E-state index in [-0.39, 0.29) is 0 Å². The van der Waals surface area contributed by atoms with Gasteiger partial charge in [0.2, 0.25) is 0 Å². The molecule has 0 amide bonds. The second kappa shape index (κ2) is 11.4. The zero-order valence-electron chi connectivity index (χ0n) is 30.5. The summed E-state index contributed by atoms with van der Waals surface area (Å²) >= 11 is 0. The zero-order chi connectivity index (χ0) is 37.2. The topological polar surface area (TPSA) is 44.9 Å². The highest BCUT2D eigenvalue weighted by Gasteiger charge is 2.24. The van der Waals surface area contributed by atoms with Crippen LogP contribution in [-0.2, 0) is 0 Å². The van der Waals surface area contributed by atoms with E-state index in [0.29, 0.717) is 5.82 Å². The van der Waals surface area contributed by atoms with Gasteiger partial charge in [-0.1, -0.05) is 121 Å². The van der Waals surface area contributed by atoms with Crippen LogP contribution < -0.4 is 4.74 Å². The third-order valence-corrected chi connectivity index (χ3v) is 11.9. The van der Waals surface area contributed by atoms with Crippen LogP contribution in [0.15, 0.2) is 182 Å². The van der Waals surface area contributed by atoms with Crippen LogP contribution in [0, 0.1) is 0 Å². The molecule has 13 rings (SSSR count). The van der Waals surface area contributed by atoms with Gasteiger partial charge in [0.1, 0.15) is 11.5 Å². The molecule has 3 aromatic heterocycles. The minimum absolute atomic E-state index is 0.683. The fraction of sp³-hybridized carbons (Fsp3) is 0. The van der Waals surface area contributed by atoms with Crippen molar-refractivity contribution >= 4 is 76.1 Å². The Kier molecular flexibility index (Phi) is 6.10. The van der Waals surface area contributed by atoms with Crippen LogP contribution in [0.5, 0.6) is 11.5 Å². The van der Waals surface area contributed by atoms with Gasteiger partial charge in [-0.15, -0.1) is 0 Å². The Hall–Kier alpha value is -7.76. The Bertz CT molecular complexity index is 3670. The van der Waals surface area contributed by atoms with Crippen LogP contribution >= 0.6 is 0 Å². The predicted octanol–water partition coefficient (Wildman–Crippen LogP) is 13.6. The van der Waals surface area contributed by atoms with E-state index in [2.05, 4.69) is 155 Å². The maximum atomic E-state index is 6.28. The van der Waals surface area contributed by atoms with Gasteiger partial charge in [-0.25, -0.2) is 9.97 Å². The van der Waals surface area contributed by atoms with Crippen molar-refractivity contribution in [3.63, 3.8) is 0 Å². The summed E-state index contributed by atoms with van der Waals surface area (Å²) in [7, 11) is 0. The number of nitrogens with zero attached hydrogens (tertiary/aromatic N) is 4. The van der Waals surface area contributed by atoms with Crippen molar-refractivity contribution in [3.05, 3.63) is 182 Å². The molecule has 0 radical (unpaired) electrons. The molecule has 5 heteroatoms. The zero-order valence-corrected chi connectivity index (χ0v) is 30.5. The van der Waals surface area contributed by atoms with E-state index < -0.39 is 0 Å². The third-order valence-electron chi connectivity index (χ3n) is 11.9. The molecular weight excluding hydrogens is 697 g/mol. The smallest absolute Gasteiger partial charge is 0.160 e. The molecule has 0 unspecified atom stereocenters. The van der Waals surface area contributed by atoms with E-state index in [4.69, 9.17) is 14.7 Å². The maximum absolute atomic E-state index is 6.28. The molecule has 5 nitrogen and oxygen atoms in total. The Labute approximate surface area is 326 Å². The highest BCUT2D eigenvalue weighted by molar-refractivity contribution is 6.27. The molecule has 9 aromatic carbocycles. The highest BCUT2D eigenvalue weighted by Crippen LogP contribution is 2.46. The van der Waals surface area contributed by atoms with Gasteiger partial charge >= 0.3 is 0 Å². The molecule has 0 bridgehead atoms. The van der Waals surface area contributed by atoms with Crippen LogP contribution in [0.25, 0.3) is 110 Å². The Morgan fingerprint density at radius 3 is 1.65 bits per heavy atom. The van der Waals surface area contributed by atoms with Gasteiger partial charge in [0.25, 0.3) is 0 Å². The fourth-order valence-electron chi connectivity index (χ4n) is 9.47. The summed E-state index contributed by atoms with van der Waals surface area (Å²) in [5.74, 6) is 2.28. The van der Waals surface area contributed by atoms with Gasteiger partial charge in [0.05, 0.1) is 38.7 Å². The molecule has 0 saturated carbocycles. The second-order valence-electron chi connectivity index (χ2n) is 14.9. The Morgan fingerprint density at radius 2 is 0.930 bits per heavy atom. The molecule has 1 aliphatic rings. The molecule has 1 aliphatic heterocycles. The number of hydrogen-bond donors (Lipinski definition) is 0. The number of para-hydroxylation sites is 4. The molecular formula is C52H30N4O. The molecule has 0 N–H and O–H groups in total. The second-order valence-corrected chi connectivity index (χ2v) is 14.9. The number of rotatable bonds is 3. The van der Waals surface area contributed by atoms with E-state index in [1.807, 2.05) is 36.4 Å². The van der Waals surface area contributed by atoms with E-state index in [1.165, 1.54) is 59.6 Å². The van der Waals surface area contributed by atoms with Gasteiger partial charge in [-0.3, -0.25) is 0 Å². The molecule has 0 fully saturated rings. The first kappa shape index (κ1) is 30.6. The summed E-state index contributed by atoms with van der Waals surface area (Å²) in [5.41, 5.74) is 10.7. The number of aromatic nitrogens is 4. The van der Waals surface area contributed by atoms with E-state index >= 15 is 0 Å². The summed E-state index contributed by atoms with van der Waals surface area (Å²) in [5, 5.41) is 10.8. The molecule has 4 heterocycles. The first-order chi connectivity index (χ1) is 28.3.